The summed E-state index contributed by atoms with van der Waals surface area (Å²) in [7, 11) is 0. The molecular formula is C82H134N16O4. The fraction of sp³-hybridized carbons (Fsp3) is 0.683. The van der Waals surface area contributed by atoms with Gasteiger partial charge in [-0.2, -0.15) is 19.6 Å². The summed E-state index contributed by atoms with van der Waals surface area (Å²) in [6.07, 6.45) is 34.4. The summed E-state index contributed by atoms with van der Waals surface area (Å²) in [5.74, 6) is 0.351. The molecule has 0 atom stereocenters. The molecule has 3 heterocycles. The first-order valence-electron chi connectivity index (χ1n) is 40.0. The lowest BCUT2D eigenvalue weighted by Crippen LogP contribution is -2.34. The second kappa shape index (κ2) is 45.7. The van der Waals surface area contributed by atoms with E-state index in [1.807, 2.05) is 61.1 Å². The van der Waals surface area contributed by atoms with Gasteiger partial charge in [0.25, 0.3) is 23.6 Å². The summed E-state index contributed by atoms with van der Waals surface area (Å²) in [4.78, 5) is 76.9. The molecule has 4 N–H and O–H groups in total. The van der Waals surface area contributed by atoms with Crippen molar-refractivity contribution in [2.75, 3.05) is 63.8 Å². The van der Waals surface area contributed by atoms with Crippen LogP contribution in [0.25, 0.3) is 11.6 Å². The fourth-order valence-corrected chi connectivity index (χ4v) is 12.8. The molecular weight excluding hydrogens is 1270 g/mol. The molecule has 566 valence electrons. The van der Waals surface area contributed by atoms with E-state index in [9.17, 15) is 9.59 Å². The van der Waals surface area contributed by atoms with E-state index in [4.69, 9.17) is 52.1 Å². The zero-order chi connectivity index (χ0) is 74.5. The number of carbonyl (C=O) groups is 4. The Kier molecular flexibility index (Phi) is 38.2. The van der Waals surface area contributed by atoms with Crippen molar-refractivity contribution in [1.29, 1.82) is 0 Å². The van der Waals surface area contributed by atoms with Gasteiger partial charge < -0.3 is 31.1 Å². The average molecular weight is 1410 g/mol. The molecule has 0 saturated heterocycles. The third-order valence-corrected chi connectivity index (χ3v) is 19.2. The summed E-state index contributed by atoms with van der Waals surface area (Å²) in [5, 5.41) is 29.9. The number of carbonyl (C=O) groups excluding carboxylic acids is 4. The van der Waals surface area contributed by atoms with Crippen LogP contribution >= 0.6 is 0 Å². The van der Waals surface area contributed by atoms with Crippen molar-refractivity contribution in [3.05, 3.63) is 82.4 Å². The molecule has 0 aliphatic heterocycles. The Balaban J connectivity index is 1.67. The monoisotopic (exact) mass is 1410 g/mol. The van der Waals surface area contributed by atoms with Gasteiger partial charge in [0.1, 0.15) is 6.33 Å². The van der Waals surface area contributed by atoms with E-state index in [1.165, 1.54) is 15.7 Å². The van der Waals surface area contributed by atoms with Crippen LogP contribution in [0.5, 0.6) is 0 Å². The van der Waals surface area contributed by atoms with Crippen molar-refractivity contribution in [2.24, 2.45) is 20.5 Å². The Morgan fingerprint density at radius 1 is 0.353 bits per heavy atom. The topological polar surface area (TPSA) is 244 Å². The molecule has 4 amide bonds. The van der Waals surface area contributed by atoms with Crippen LogP contribution < -0.4 is 11.5 Å². The number of hydrogen-bond acceptors (Lipinski definition) is 14. The van der Waals surface area contributed by atoms with Crippen molar-refractivity contribution >= 4 is 58.0 Å². The van der Waals surface area contributed by atoms with Gasteiger partial charge in [0.2, 0.25) is 0 Å². The van der Waals surface area contributed by atoms with Crippen LogP contribution in [-0.4, -0.2) is 125 Å². The number of nitrogens with two attached hydrogens (primary N) is 2. The lowest BCUT2D eigenvalue weighted by molar-refractivity contribution is 0.0738. The molecule has 0 fully saturated rings. The predicted octanol–water partition coefficient (Wildman–Crippen LogP) is 21.8. The van der Waals surface area contributed by atoms with Gasteiger partial charge in [-0.05, 0) is 87.8 Å². The normalized spacial score (nSPS) is 12.0. The first-order valence-corrected chi connectivity index (χ1v) is 40.0. The second-order valence-electron chi connectivity index (χ2n) is 30.2. The van der Waals surface area contributed by atoms with Gasteiger partial charge in [-0.25, -0.2) is 9.97 Å². The first-order chi connectivity index (χ1) is 49.1. The zero-order valence-electron chi connectivity index (χ0n) is 66.0. The van der Waals surface area contributed by atoms with E-state index in [0.29, 0.717) is 86.0 Å². The molecule has 3 aromatic heterocycles. The van der Waals surface area contributed by atoms with E-state index < -0.39 is 10.8 Å². The van der Waals surface area contributed by atoms with Gasteiger partial charge in [0, 0.05) is 80.4 Å². The van der Waals surface area contributed by atoms with Crippen LogP contribution in [-0.2, 0) is 10.8 Å². The molecule has 2 aromatic carbocycles. The standard InChI is InChI=1S/C82H134N16O4/c1-15-23-31-39-51-93(52-40-32-24-16-2)77(99)63-47-49-65(79(101)95(55-43-35-27-19-5)56-44-36-28-20-6)67(59-63)87-89-71-73(81(9,10)11)91-97(75(71)83)69-61-70(86-62-85-69)98-76(84)72(74(92-98)82(12,13)14)90-88-68-60-64(78(100)94(53-41-33-25-17-3)54-42-34-26-18-4)48-50-66(68)80(102)96(57-45-37-29-21-7)58-46-38-30-22-8/h47-50,59-62H,15-46,51-58,83-84H2,1-14H3/b89-87+,90-88+. The highest BCUT2D eigenvalue weighted by Crippen LogP contribution is 2.41. The molecule has 5 aromatic rings. The summed E-state index contributed by atoms with van der Waals surface area (Å²) >= 11 is 0. The highest BCUT2D eigenvalue weighted by atomic mass is 16.2. The van der Waals surface area contributed by atoms with Crippen LogP contribution in [0.3, 0.4) is 0 Å². The smallest absolute Gasteiger partial charge is 0.256 e. The minimum Gasteiger partial charge on any atom is -0.382 e. The number of benzene rings is 2. The maximum absolute atomic E-state index is 15.1. The Morgan fingerprint density at radius 2 is 0.608 bits per heavy atom. The van der Waals surface area contributed by atoms with Gasteiger partial charge in [-0.15, -0.1) is 20.5 Å². The van der Waals surface area contributed by atoms with Gasteiger partial charge in [-0.3, -0.25) is 19.2 Å². The maximum atomic E-state index is 15.1. The number of unbranched alkanes of at least 4 members (excludes halogenated alkanes) is 24. The van der Waals surface area contributed by atoms with E-state index in [2.05, 4.69) is 55.4 Å². The van der Waals surface area contributed by atoms with Crippen LogP contribution in [0.4, 0.5) is 34.4 Å². The number of nitrogens with zero attached hydrogens (tertiary/aromatic N) is 14. The van der Waals surface area contributed by atoms with Crippen molar-refractivity contribution < 1.29 is 19.2 Å². The maximum Gasteiger partial charge on any atom is 0.256 e. The van der Waals surface area contributed by atoms with Gasteiger partial charge in [-0.1, -0.05) is 251 Å². The summed E-state index contributed by atoms with van der Waals surface area (Å²) in [6, 6.07) is 12.3. The van der Waals surface area contributed by atoms with Crippen LogP contribution in [0.15, 0.2) is 69.2 Å². The predicted molar refractivity (Wildman–Crippen MR) is 420 cm³/mol. The van der Waals surface area contributed by atoms with Crippen LogP contribution in [0, 0.1) is 0 Å². The summed E-state index contributed by atoms with van der Waals surface area (Å²) < 4.78 is 3.00. The quantitative estimate of drug-likeness (QED) is 0.0275. The molecule has 0 saturated carbocycles. The largest absolute Gasteiger partial charge is 0.382 e. The first kappa shape index (κ1) is 85.3. The molecule has 0 unspecified atom stereocenters. The van der Waals surface area contributed by atoms with Crippen molar-refractivity contribution in [1.82, 2.24) is 49.1 Å². The van der Waals surface area contributed by atoms with Gasteiger partial charge in [0.15, 0.2) is 34.6 Å². The number of hydrogen-bond donors (Lipinski definition) is 2. The molecule has 20 nitrogen and oxygen atoms in total. The molecule has 102 heavy (non-hydrogen) atoms. The number of amides is 4. The lowest BCUT2D eigenvalue weighted by Gasteiger charge is -2.25. The lowest BCUT2D eigenvalue weighted by atomic mass is 9.91. The summed E-state index contributed by atoms with van der Waals surface area (Å²) in [6.45, 7) is 34.7. The van der Waals surface area contributed by atoms with E-state index in [0.717, 1.165) is 205 Å². The highest BCUT2D eigenvalue weighted by molar-refractivity contribution is 6.03. The van der Waals surface area contributed by atoms with Crippen molar-refractivity contribution in [2.45, 2.75) is 313 Å². The van der Waals surface area contributed by atoms with E-state index >= 15 is 9.59 Å². The van der Waals surface area contributed by atoms with Gasteiger partial charge >= 0.3 is 0 Å². The van der Waals surface area contributed by atoms with E-state index in [-0.39, 0.29) is 69.6 Å². The van der Waals surface area contributed by atoms with Crippen molar-refractivity contribution in [3.63, 3.8) is 0 Å². The summed E-state index contributed by atoms with van der Waals surface area (Å²) in [5.41, 5.74) is 16.9. The number of aromatic nitrogens is 6. The number of nitrogen functional groups attached to an aromatic ring is 2. The average Bonchev–Trinajstić information content (AvgIpc) is 1.06. The SMILES string of the molecule is CCCCCCN(CCCCCC)C(=O)c1ccc(C(=O)N(CCCCCC)CCCCCC)c(/N=N/c2c(C(C)(C)C)nn(-c3cc(-n4nc(C(C)(C)C)c(/N=N/c5cc(C(=O)N(CCCCCC)CCCCCC)ccc5C(=O)N(CCCCCC)CCCCCC)c4N)ncn3)c2N)c1. The fourth-order valence-electron chi connectivity index (χ4n) is 12.8. The highest BCUT2D eigenvalue weighted by Gasteiger charge is 2.32. The van der Waals surface area contributed by atoms with Gasteiger partial charge in [0.05, 0.1) is 33.9 Å². The zero-order valence-corrected chi connectivity index (χ0v) is 66.0. The third-order valence-electron chi connectivity index (χ3n) is 19.2. The van der Waals surface area contributed by atoms with Crippen molar-refractivity contribution in [3.8, 4) is 11.6 Å². The number of rotatable bonds is 50. The Bertz CT molecular complexity index is 3110. The minimum absolute atomic E-state index is 0.0925. The molecule has 0 aliphatic rings. The third kappa shape index (κ3) is 26.7. The molecule has 0 bridgehead atoms. The Hall–Kier alpha value is -7.38. The Labute approximate surface area is 614 Å². The molecule has 20 heteroatoms. The molecule has 0 spiro atoms. The second-order valence-corrected chi connectivity index (χ2v) is 30.2. The number of azo groups is 2. The molecule has 0 radical (unpaired) electrons. The minimum atomic E-state index is -0.626. The van der Waals surface area contributed by atoms with Crippen LogP contribution in [0.2, 0.25) is 0 Å². The molecule has 5 rings (SSSR count). The van der Waals surface area contributed by atoms with Crippen LogP contribution in [0.1, 0.15) is 355 Å². The number of anilines is 2. The van der Waals surface area contributed by atoms with E-state index in [1.54, 1.807) is 42.5 Å². The molecule has 0 aliphatic carbocycles. The Morgan fingerprint density at radius 3 is 0.853 bits per heavy atom.